The van der Waals surface area contributed by atoms with Crippen LogP contribution in [0.4, 0.5) is 4.79 Å². The van der Waals surface area contributed by atoms with Crippen LogP contribution in [0.5, 0.6) is 0 Å². The molecule has 0 aliphatic rings. The Kier molecular flexibility index (Phi) is 1.84. The van der Waals surface area contributed by atoms with Crippen LogP contribution < -0.4 is 5.32 Å². The maximum Gasteiger partial charge on any atom is 0.433 e. The SMILES string of the molecule is [3H]C=NOC(=O)NC. The van der Waals surface area contributed by atoms with E-state index in [1.54, 1.807) is 0 Å². The lowest BCUT2D eigenvalue weighted by Gasteiger charge is -1.89. The molecule has 1 N–H and O–H groups in total. The molecule has 0 unspecified atom stereocenters. The van der Waals surface area contributed by atoms with Crippen molar-refractivity contribution < 1.29 is 11.0 Å². The number of hydrogen-bond acceptors (Lipinski definition) is 3. The monoisotopic (exact) mass is 104 g/mol. The lowest BCUT2D eigenvalue weighted by Crippen LogP contribution is -2.16. The van der Waals surface area contributed by atoms with E-state index in [2.05, 4.69) is 15.3 Å². The Labute approximate surface area is 42.5 Å². The summed E-state index contributed by atoms with van der Waals surface area (Å²) in [7, 11) is 1.40. The quantitative estimate of drug-likeness (QED) is 0.288. The summed E-state index contributed by atoms with van der Waals surface area (Å²) < 4.78 is 6.27. The number of hydrogen-bond donors (Lipinski definition) is 1. The predicted molar refractivity (Wildman–Crippen MR) is 25.1 cm³/mol. The topological polar surface area (TPSA) is 50.7 Å². The predicted octanol–water partition coefficient (Wildman–Crippen LogP) is -0.0420. The maximum absolute atomic E-state index is 10.0. The number of carbonyl (C=O) groups excluding carboxylic acids is 1. The van der Waals surface area contributed by atoms with Crippen LogP contribution in [0.2, 0.25) is 0 Å². The smallest absolute Gasteiger partial charge is 0.323 e. The summed E-state index contributed by atoms with van der Waals surface area (Å²) in [6.45, 7) is 0.634. The standard InChI is InChI=1S/C3H6N2O2/c1-4-3(6)7-5-2/h2H2,1H3,(H,4,6)/i2T. The van der Waals surface area contributed by atoms with Gasteiger partial charge in [0.2, 0.25) is 0 Å². The molecule has 4 nitrogen and oxygen atoms in total. The van der Waals surface area contributed by atoms with E-state index in [9.17, 15) is 4.79 Å². The molecule has 0 aromatic rings. The molecule has 0 saturated carbocycles. The van der Waals surface area contributed by atoms with E-state index in [0.717, 1.165) is 0 Å². The van der Waals surface area contributed by atoms with Gasteiger partial charge in [-0.05, 0) is 0 Å². The first-order valence-electron chi connectivity index (χ1n) is 2.18. The van der Waals surface area contributed by atoms with Gasteiger partial charge in [0, 0.05) is 13.7 Å². The molecule has 0 spiro atoms. The van der Waals surface area contributed by atoms with Gasteiger partial charge in [0.1, 0.15) is 0 Å². The Morgan fingerprint density at radius 2 is 3.00 bits per heavy atom. The zero-order chi connectivity index (χ0) is 6.41. The van der Waals surface area contributed by atoms with Gasteiger partial charge in [0.25, 0.3) is 0 Å². The van der Waals surface area contributed by atoms with Gasteiger partial charge in [-0.2, -0.15) is 0 Å². The van der Waals surface area contributed by atoms with Crippen LogP contribution in [0, 0.1) is 0 Å². The summed E-state index contributed by atoms with van der Waals surface area (Å²) in [5.41, 5.74) is 0. The average Bonchev–Trinajstić information content (AvgIpc) is 1.83. The number of oxime groups is 1. The third-order valence-electron chi connectivity index (χ3n) is 0.340. The molecule has 4 heteroatoms. The normalized spacial score (nSPS) is 10.7. The van der Waals surface area contributed by atoms with Crippen molar-refractivity contribution in [1.29, 1.82) is 0 Å². The van der Waals surface area contributed by atoms with Crippen molar-refractivity contribution in [3.05, 3.63) is 0 Å². The summed E-state index contributed by atoms with van der Waals surface area (Å²) in [6.07, 6.45) is -0.673. The molecule has 0 aliphatic carbocycles. The highest BCUT2D eigenvalue weighted by Crippen LogP contribution is 1.70. The van der Waals surface area contributed by atoms with Gasteiger partial charge in [-0.1, -0.05) is 5.16 Å². The minimum atomic E-state index is -0.673. The Morgan fingerprint density at radius 1 is 2.29 bits per heavy atom. The second-order valence-electron chi connectivity index (χ2n) is 0.734. The second-order valence-corrected chi connectivity index (χ2v) is 0.734. The van der Waals surface area contributed by atoms with Crippen molar-refractivity contribution in [2.24, 2.45) is 5.16 Å². The lowest BCUT2D eigenvalue weighted by molar-refractivity contribution is 0.154. The van der Waals surface area contributed by atoms with Gasteiger partial charge in [-0.25, -0.2) is 4.79 Å². The van der Waals surface area contributed by atoms with Gasteiger partial charge in [-0.15, -0.1) is 0 Å². The van der Waals surface area contributed by atoms with Crippen molar-refractivity contribution >= 4 is 12.8 Å². The molecule has 0 aromatic heterocycles. The molecule has 0 aliphatic heterocycles. The Hall–Kier alpha value is -1.06. The van der Waals surface area contributed by atoms with Crippen LogP contribution in [-0.4, -0.2) is 19.8 Å². The van der Waals surface area contributed by atoms with E-state index in [4.69, 9.17) is 1.37 Å². The van der Waals surface area contributed by atoms with Crippen LogP contribution in [0.1, 0.15) is 1.37 Å². The fourth-order valence-corrected chi connectivity index (χ4v) is 0.0935. The lowest BCUT2D eigenvalue weighted by atomic mass is 11.1. The summed E-state index contributed by atoms with van der Waals surface area (Å²) in [5.74, 6) is 0. The number of carbonyl (C=O) groups is 1. The first kappa shape index (κ1) is 4.11. The summed E-state index contributed by atoms with van der Waals surface area (Å²) in [5, 5.41) is 5.01. The Balaban J connectivity index is 3.25. The van der Waals surface area contributed by atoms with Crippen molar-refractivity contribution in [3.8, 4) is 0 Å². The van der Waals surface area contributed by atoms with Crippen LogP contribution >= 0.6 is 0 Å². The van der Waals surface area contributed by atoms with E-state index >= 15 is 0 Å². The van der Waals surface area contributed by atoms with Gasteiger partial charge >= 0.3 is 6.09 Å². The molecule has 0 fully saturated rings. The number of rotatable bonds is 1. The fraction of sp³-hybridized carbons (Fsp3) is 0.333. The molecule has 0 saturated heterocycles. The van der Waals surface area contributed by atoms with E-state index in [-0.39, 0.29) is 0 Å². The van der Waals surface area contributed by atoms with Gasteiger partial charge in [0.05, 0.1) is 1.37 Å². The molecule has 1 amide bonds. The van der Waals surface area contributed by atoms with Crippen LogP contribution in [0.15, 0.2) is 5.16 Å². The molecule has 7 heavy (non-hydrogen) atoms. The molecular formula is C3H6N2O2. The third-order valence-corrected chi connectivity index (χ3v) is 0.340. The molecule has 40 valence electrons. The van der Waals surface area contributed by atoms with Crippen molar-refractivity contribution in [2.75, 3.05) is 7.05 Å². The average molecular weight is 104 g/mol. The second kappa shape index (κ2) is 3.14. The van der Waals surface area contributed by atoms with Crippen molar-refractivity contribution in [1.82, 2.24) is 5.32 Å². The van der Waals surface area contributed by atoms with Gasteiger partial charge in [0.15, 0.2) is 0 Å². The molecule has 0 rings (SSSR count). The molecule has 0 aromatic carbocycles. The van der Waals surface area contributed by atoms with E-state index in [0.29, 0.717) is 6.69 Å². The van der Waals surface area contributed by atoms with Gasteiger partial charge < -0.3 is 5.32 Å². The van der Waals surface area contributed by atoms with Crippen LogP contribution in [0.25, 0.3) is 0 Å². The maximum atomic E-state index is 10.0. The van der Waals surface area contributed by atoms with E-state index in [1.807, 2.05) is 0 Å². The molecule has 0 radical (unpaired) electrons. The summed E-state index contributed by atoms with van der Waals surface area (Å²) >= 11 is 0. The number of nitrogens with zero attached hydrogens (tertiary/aromatic N) is 1. The van der Waals surface area contributed by atoms with Crippen molar-refractivity contribution in [2.45, 2.75) is 0 Å². The number of nitrogens with one attached hydrogen (secondary N) is 1. The first-order valence-corrected chi connectivity index (χ1v) is 1.60. The minimum absolute atomic E-state index is 0.634. The third kappa shape index (κ3) is 2.75. The molecule has 0 bridgehead atoms. The summed E-state index contributed by atoms with van der Waals surface area (Å²) in [6, 6.07) is 0. The number of amides is 1. The zero-order valence-electron chi connectivity index (χ0n) is 4.84. The van der Waals surface area contributed by atoms with Gasteiger partial charge in [-0.3, -0.25) is 4.84 Å². The Bertz CT molecular complexity index is 103. The highest BCUT2D eigenvalue weighted by Gasteiger charge is 1.89. The highest BCUT2D eigenvalue weighted by molar-refractivity contribution is 5.66. The van der Waals surface area contributed by atoms with E-state index in [1.165, 1.54) is 7.05 Å². The fourth-order valence-electron chi connectivity index (χ4n) is 0.0935. The Morgan fingerprint density at radius 3 is 3.43 bits per heavy atom. The molecule has 0 heterocycles. The summed E-state index contributed by atoms with van der Waals surface area (Å²) in [4.78, 5) is 14.0. The largest absolute Gasteiger partial charge is 0.433 e. The molecular weight excluding hydrogens is 96.0 g/mol. The first-order chi connectivity index (χ1) is 3.81. The van der Waals surface area contributed by atoms with E-state index < -0.39 is 6.09 Å². The zero-order valence-corrected chi connectivity index (χ0v) is 3.84. The van der Waals surface area contributed by atoms with Crippen LogP contribution in [0.3, 0.4) is 0 Å². The van der Waals surface area contributed by atoms with Crippen molar-refractivity contribution in [3.63, 3.8) is 0 Å². The van der Waals surface area contributed by atoms with Crippen LogP contribution in [-0.2, 0) is 4.84 Å². The molecule has 0 atom stereocenters. The minimum Gasteiger partial charge on any atom is -0.323 e. The highest BCUT2D eigenvalue weighted by atomic mass is 16.7.